The van der Waals surface area contributed by atoms with Crippen molar-refractivity contribution in [1.29, 1.82) is 0 Å². The van der Waals surface area contributed by atoms with Crippen molar-refractivity contribution < 1.29 is 0 Å². The van der Waals surface area contributed by atoms with Crippen molar-refractivity contribution in [2.75, 3.05) is 0 Å². The third-order valence-corrected chi connectivity index (χ3v) is 3.67. The van der Waals surface area contributed by atoms with E-state index in [9.17, 15) is 0 Å². The summed E-state index contributed by atoms with van der Waals surface area (Å²) in [5.41, 5.74) is 8.15. The zero-order valence-corrected chi connectivity index (χ0v) is 10.3. The first-order chi connectivity index (χ1) is 8.83. The summed E-state index contributed by atoms with van der Waals surface area (Å²) < 4.78 is 0. The third kappa shape index (κ3) is 2.29. The van der Waals surface area contributed by atoms with Gasteiger partial charge in [0.05, 0.1) is 11.9 Å². The Bertz CT molecular complexity index is 506. The van der Waals surface area contributed by atoms with Crippen LogP contribution in [0.15, 0.2) is 30.7 Å². The topological polar surface area (TPSA) is 67.6 Å². The van der Waals surface area contributed by atoms with Crippen LogP contribution in [0, 0.1) is 0 Å². The Morgan fingerprint density at radius 1 is 1.28 bits per heavy atom. The first-order valence-electron chi connectivity index (χ1n) is 6.54. The van der Waals surface area contributed by atoms with Gasteiger partial charge >= 0.3 is 0 Å². The van der Waals surface area contributed by atoms with Crippen LogP contribution in [-0.2, 0) is 0 Å². The second-order valence-corrected chi connectivity index (χ2v) is 5.05. The van der Waals surface area contributed by atoms with Gasteiger partial charge in [0.1, 0.15) is 5.82 Å². The molecule has 0 spiro atoms. The number of H-pyrrole nitrogens is 1. The molecule has 2 unspecified atom stereocenters. The van der Waals surface area contributed by atoms with Crippen molar-refractivity contribution in [1.82, 2.24) is 15.0 Å². The number of nitrogens with two attached hydrogens (primary N) is 1. The van der Waals surface area contributed by atoms with E-state index in [1.54, 1.807) is 6.20 Å². The lowest BCUT2D eigenvalue weighted by atomic mass is 9.86. The largest absolute Gasteiger partial charge is 0.342 e. The SMILES string of the molecule is NC1CCCC(c2ncc(-c3cccnc3)[nH]2)C1. The van der Waals surface area contributed by atoms with Crippen LogP contribution in [0.25, 0.3) is 11.3 Å². The van der Waals surface area contributed by atoms with Gasteiger partial charge in [-0.2, -0.15) is 0 Å². The molecule has 4 heteroatoms. The van der Waals surface area contributed by atoms with E-state index >= 15 is 0 Å². The minimum atomic E-state index is 0.329. The summed E-state index contributed by atoms with van der Waals surface area (Å²) in [6.45, 7) is 0. The number of nitrogens with one attached hydrogen (secondary N) is 1. The van der Waals surface area contributed by atoms with E-state index in [1.165, 1.54) is 12.8 Å². The van der Waals surface area contributed by atoms with Crippen molar-refractivity contribution >= 4 is 0 Å². The summed E-state index contributed by atoms with van der Waals surface area (Å²) in [5.74, 6) is 1.56. The van der Waals surface area contributed by atoms with Crippen LogP contribution in [0.2, 0.25) is 0 Å². The number of pyridine rings is 1. The third-order valence-electron chi connectivity index (χ3n) is 3.67. The van der Waals surface area contributed by atoms with E-state index in [0.717, 1.165) is 29.9 Å². The quantitative estimate of drug-likeness (QED) is 0.850. The van der Waals surface area contributed by atoms with Crippen LogP contribution < -0.4 is 5.73 Å². The lowest BCUT2D eigenvalue weighted by Gasteiger charge is -2.24. The standard InChI is InChI=1S/C14H18N4/c15-12-5-1-3-10(7-12)14-17-9-13(18-14)11-4-2-6-16-8-11/h2,4,6,8-10,12H,1,3,5,7,15H2,(H,17,18). The van der Waals surface area contributed by atoms with Crippen LogP contribution >= 0.6 is 0 Å². The fraction of sp³-hybridized carbons (Fsp3) is 0.429. The fourth-order valence-electron chi connectivity index (χ4n) is 2.69. The molecule has 2 aromatic rings. The molecule has 18 heavy (non-hydrogen) atoms. The number of imidazole rings is 1. The van der Waals surface area contributed by atoms with Crippen LogP contribution in [0.3, 0.4) is 0 Å². The zero-order chi connectivity index (χ0) is 12.4. The van der Waals surface area contributed by atoms with Gasteiger partial charge in [-0.05, 0) is 31.4 Å². The van der Waals surface area contributed by atoms with Crippen LogP contribution in [-0.4, -0.2) is 21.0 Å². The first-order valence-corrected chi connectivity index (χ1v) is 6.54. The van der Waals surface area contributed by atoms with E-state index in [-0.39, 0.29) is 0 Å². The lowest BCUT2D eigenvalue weighted by molar-refractivity contribution is 0.383. The van der Waals surface area contributed by atoms with Gasteiger partial charge in [-0.25, -0.2) is 4.98 Å². The van der Waals surface area contributed by atoms with Gasteiger partial charge in [0, 0.05) is 29.9 Å². The minimum Gasteiger partial charge on any atom is -0.342 e. The smallest absolute Gasteiger partial charge is 0.109 e. The summed E-state index contributed by atoms with van der Waals surface area (Å²) >= 11 is 0. The van der Waals surface area contributed by atoms with Gasteiger partial charge < -0.3 is 10.7 Å². The van der Waals surface area contributed by atoms with E-state index < -0.39 is 0 Å². The summed E-state index contributed by atoms with van der Waals surface area (Å²) in [5, 5.41) is 0. The van der Waals surface area contributed by atoms with Crippen molar-refractivity contribution in [3.05, 3.63) is 36.5 Å². The zero-order valence-electron chi connectivity index (χ0n) is 10.3. The Morgan fingerprint density at radius 2 is 2.22 bits per heavy atom. The van der Waals surface area contributed by atoms with Gasteiger partial charge in [-0.3, -0.25) is 4.98 Å². The summed E-state index contributed by atoms with van der Waals surface area (Å²) in [6, 6.07) is 4.30. The Kier molecular flexibility index (Phi) is 3.11. The highest BCUT2D eigenvalue weighted by atomic mass is 14.9. The number of nitrogens with zero attached hydrogens (tertiary/aromatic N) is 2. The first kappa shape index (κ1) is 11.4. The highest BCUT2D eigenvalue weighted by molar-refractivity contribution is 5.56. The second-order valence-electron chi connectivity index (χ2n) is 5.05. The average Bonchev–Trinajstić information content (AvgIpc) is 2.89. The van der Waals surface area contributed by atoms with E-state index in [0.29, 0.717) is 12.0 Å². The van der Waals surface area contributed by atoms with E-state index in [4.69, 9.17) is 5.73 Å². The molecule has 2 aromatic heterocycles. The summed E-state index contributed by atoms with van der Waals surface area (Å²) in [7, 11) is 0. The second kappa shape index (κ2) is 4.90. The molecule has 0 amide bonds. The van der Waals surface area contributed by atoms with E-state index in [2.05, 4.69) is 15.0 Å². The molecule has 3 N–H and O–H groups in total. The molecule has 0 aromatic carbocycles. The molecule has 0 bridgehead atoms. The normalized spacial score (nSPS) is 24.1. The molecular formula is C14H18N4. The van der Waals surface area contributed by atoms with Crippen LogP contribution in [0.1, 0.15) is 37.4 Å². The van der Waals surface area contributed by atoms with Gasteiger partial charge in [0.2, 0.25) is 0 Å². The highest BCUT2D eigenvalue weighted by Crippen LogP contribution is 2.31. The van der Waals surface area contributed by atoms with Crippen molar-refractivity contribution in [3.63, 3.8) is 0 Å². The lowest BCUT2D eigenvalue weighted by Crippen LogP contribution is -2.27. The fourth-order valence-corrected chi connectivity index (χ4v) is 2.69. The minimum absolute atomic E-state index is 0.329. The predicted octanol–water partition coefficient (Wildman–Crippen LogP) is 2.46. The Labute approximate surface area is 107 Å². The number of aromatic nitrogens is 3. The molecule has 1 aliphatic carbocycles. The maximum Gasteiger partial charge on any atom is 0.109 e. The van der Waals surface area contributed by atoms with E-state index in [1.807, 2.05) is 24.5 Å². The van der Waals surface area contributed by atoms with Crippen LogP contribution in [0.5, 0.6) is 0 Å². The number of hydrogen-bond acceptors (Lipinski definition) is 3. The monoisotopic (exact) mass is 242 g/mol. The molecule has 4 nitrogen and oxygen atoms in total. The number of aromatic amines is 1. The number of rotatable bonds is 2. The number of hydrogen-bond donors (Lipinski definition) is 2. The maximum atomic E-state index is 6.03. The molecule has 1 fully saturated rings. The van der Waals surface area contributed by atoms with Gasteiger partial charge in [0.25, 0.3) is 0 Å². The average molecular weight is 242 g/mol. The Balaban J connectivity index is 1.81. The molecule has 94 valence electrons. The molecule has 0 radical (unpaired) electrons. The molecule has 0 aliphatic heterocycles. The molecule has 1 aliphatic rings. The van der Waals surface area contributed by atoms with Gasteiger partial charge in [-0.15, -0.1) is 0 Å². The van der Waals surface area contributed by atoms with Gasteiger partial charge in [0.15, 0.2) is 0 Å². The molecule has 1 saturated carbocycles. The van der Waals surface area contributed by atoms with Gasteiger partial charge in [-0.1, -0.05) is 6.42 Å². The predicted molar refractivity (Wildman–Crippen MR) is 71.0 cm³/mol. The molecular weight excluding hydrogens is 224 g/mol. The summed E-state index contributed by atoms with van der Waals surface area (Å²) in [6.07, 6.45) is 10.1. The van der Waals surface area contributed by atoms with Crippen molar-refractivity contribution in [3.8, 4) is 11.3 Å². The van der Waals surface area contributed by atoms with Crippen molar-refractivity contribution in [2.24, 2.45) is 5.73 Å². The summed E-state index contributed by atoms with van der Waals surface area (Å²) in [4.78, 5) is 12.1. The molecule has 2 heterocycles. The Morgan fingerprint density at radius 3 is 3.00 bits per heavy atom. The van der Waals surface area contributed by atoms with Crippen LogP contribution in [0.4, 0.5) is 0 Å². The molecule has 2 atom stereocenters. The molecule has 0 saturated heterocycles. The highest BCUT2D eigenvalue weighted by Gasteiger charge is 2.23. The maximum absolute atomic E-state index is 6.03. The molecule has 3 rings (SSSR count). The van der Waals surface area contributed by atoms with Crippen molar-refractivity contribution in [2.45, 2.75) is 37.6 Å². The Hall–Kier alpha value is -1.68.